The highest BCUT2D eigenvalue weighted by atomic mass is 16.5. The zero-order valence-corrected chi connectivity index (χ0v) is 16.6. The first kappa shape index (κ1) is 18.1. The number of fused-ring (bicyclic) bond motifs is 3. The maximum Gasteiger partial charge on any atom is 0.158 e. The van der Waals surface area contributed by atoms with E-state index in [1.54, 1.807) is 0 Å². The number of rotatable bonds is 5. The van der Waals surface area contributed by atoms with E-state index in [0.29, 0.717) is 0 Å². The summed E-state index contributed by atoms with van der Waals surface area (Å²) in [5, 5.41) is 9.26. The number of aryl methyl sites for hydroxylation is 1. The molecule has 1 fully saturated rings. The molecule has 29 heavy (non-hydrogen) atoms. The number of para-hydroxylation sites is 1. The molecule has 0 spiro atoms. The van der Waals surface area contributed by atoms with Crippen molar-refractivity contribution in [2.45, 2.75) is 20.0 Å². The van der Waals surface area contributed by atoms with E-state index in [9.17, 15) is 0 Å². The van der Waals surface area contributed by atoms with Gasteiger partial charge in [-0.05, 0) is 30.2 Å². The van der Waals surface area contributed by atoms with Gasteiger partial charge in [0.1, 0.15) is 5.82 Å². The summed E-state index contributed by atoms with van der Waals surface area (Å²) >= 11 is 0. The third-order valence-electron chi connectivity index (χ3n) is 5.49. The number of anilines is 1. The van der Waals surface area contributed by atoms with Gasteiger partial charge in [-0.1, -0.05) is 36.4 Å². The van der Waals surface area contributed by atoms with Crippen LogP contribution in [0.4, 0.5) is 5.82 Å². The van der Waals surface area contributed by atoms with Gasteiger partial charge in [-0.15, -0.1) is 0 Å². The van der Waals surface area contributed by atoms with E-state index in [0.717, 1.165) is 67.5 Å². The lowest BCUT2D eigenvalue weighted by atomic mass is 10.1. The Kier molecular flexibility index (Phi) is 4.87. The molecule has 2 aromatic carbocycles. The van der Waals surface area contributed by atoms with E-state index in [2.05, 4.69) is 51.7 Å². The van der Waals surface area contributed by atoms with Crippen molar-refractivity contribution in [1.29, 1.82) is 0 Å². The topological polar surface area (TPSA) is 54.7 Å². The van der Waals surface area contributed by atoms with Crippen LogP contribution in [0, 0.1) is 6.92 Å². The van der Waals surface area contributed by atoms with Gasteiger partial charge in [0.15, 0.2) is 5.65 Å². The van der Waals surface area contributed by atoms with Gasteiger partial charge in [-0.2, -0.15) is 5.10 Å². The van der Waals surface area contributed by atoms with Crippen molar-refractivity contribution >= 4 is 22.4 Å². The first-order valence-corrected chi connectivity index (χ1v) is 10.1. The fraction of sp³-hybridized carbons (Fsp3) is 0.304. The normalized spacial score (nSPS) is 15.2. The Balaban J connectivity index is 1.43. The first-order valence-electron chi connectivity index (χ1n) is 10.1. The van der Waals surface area contributed by atoms with Gasteiger partial charge in [0, 0.05) is 37.6 Å². The second-order valence-electron chi connectivity index (χ2n) is 7.54. The minimum absolute atomic E-state index is 0.737. The maximum absolute atomic E-state index is 5.48. The average Bonchev–Trinajstić information content (AvgIpc) is 3.14. The molecule has 5 rings (SSSR count). The van der Waals surface area contributed by atoms with Crippen LogP contribution in [0.1, 0.15) is 16.8 Å². The number of nitrogens with one attached hydrogen (secondary N) is 1. The predicted molar refractivity (Wildman–Crippen MR) is 115 cm³/mol. The average molecular weight is 387 g/mol. The highest BCUT2D eigenvalue weighted by Gasteiger charge is 2.14. The lowest BCUT2D eigenvalue weighted by molar-refractivity contribution is 0.0341. The van der Waals surface area contributed by atoms with Gasteiger partial charge in [0.25, 0.3) is 0 Å². The minimum atomic E-state index is 0.737. The van der Waals surface area contributed by atoms with Gasteiger partial charge in [-0.3, -0.25) is 4.90 Å². The monoisotopic (exact) mass is 387 g/mol. The lowest BCUT2D eigenvalue weighted by Gasteiger charge is -2.27. The van der Waals surface area contributed by atoms with E-state index >= 15 is 0 Å². The Labute approximate surface area is 170 Å². The van der Waals surface area contributed by atoms with Crippen molar-refractivity contribution in [2.24, 2.45) is 0 Å². The van der Waals surface area contributed by atoms with Crippen LogP contribution < -0.4 is 5.32 Å². The van der Waals surface area contributed by atoms with Crippen LogP contribution in [0.15, 0.2) is 54.6 Å². The third-order valence-corrected chi connectivity index (χ3v) is 5.49. The Hall–Kier alpha value is -2.96. The van der Waals surface area contributed by atoms with E-state index < -0.39 is 0 Å². The Bertz CT molecular complexity index is 1150. The first-order chi connectivity index (χ1) is 14.3. The Morgan fingerprint density at radius 2 is 1.76 bits per heavy atom. The van der Waals surface area contributed by atoms with E-state index in [1.165, 1.54) is 11.1 Å². The van der Waals surface area contributed by atoms with Crippen molar-refractivity contribution in [2.75, 3.05) is 31.6 Å². The maximum atomic E-state index is 5.48. The van der Waals surface area contributed by atoms with Crippen LogP contribution in [0.25, 0.3) is 16.6 Å². The predicted octanol–water partition coefficient (Wildman–Crippen LogP) is 3.64. The number of nitrogens with zero attached hydrogens (tertiary/aromatic N) is 4. The largest absolute Gasteiger partial charge is 0.379 e. The van der Waals surface area contributed by atoms with E-state index in [4.69, 9.17) is 9.72 Å². The fourth-order valence-corrected chi connectivity index (χ4v) is 3.97. The number of aromatic nitrogens is 3. The molecule has 0 atom stereocenters. The summed E-state index contributed by atoms with van der Waals surface area (Å²) in [6, 6.07) is 18.9. The zero-order chi connectivity index (χ0) is 19.6. The molecule has 1 N–H and O–H groups in total. The van der Waals surface area contributed by atoms with Crippen molar-refractivity contribution < 1.29 is 4.74 Å². The fourth-order valence-electron chi connectivity index (χ4n) is 3.97. The highest BCUT2D eigenvalue weighted by Crippen LogP contribution is 2.24. The van der Waals surface area contributed by atoms with E-state index in [1.807, 2.05) is 29.6 Å². The zero-order valence-electron chi connectivity index (χ0n) is 16.6. The lowest BCUT2D eigenvalue weighted by Crippen LogP contribution is -2.35. The molecule has 6 heteroatoms. The van der Waals surface area contributed by atoms with Crippen LogP contribution >= 0.6 is 0 Å². The number of ether oxygens (including phenoxy) is 1. The summed E-state index contributed by atoms with van der Waals surface area (Å²) in [5.74, 6) is 0.897. The minimum Gasteiger partial charge on any atom is -0.379 e. The van der Waals surface area contributed by atoms with Gasteiger partial charge < -0.3 is 10.1 Å². The standard InChI is InChI=1S/C23H25N5O/c1-17-14-22-25-23(20-8-4-5-9-21(20)28(22)26-17)24-15-18-6-2-3-7-19(18)16-27-10-12-29-13-11-27/h2-9,14H,10-13,15-16H2,1H3,(H,24,25). The molecule has 1 saturated heterocycles. The van der Waals surface area contributed by atoms with Crippen LogP contribution in [0.2, 0.25) is 0 Å². The Morgan fingerprint density at radius 1 is 1.00 bits per heavy atom. The molecule has 3 heterocycles. The smallest absolute Gasteiger partial charge is 0.158 e. The third kappa shape index (κ3) is 3.69. The van der Waals surface area contributed by atoms with E-state index in [-0.39, 0.29) is 0 Å². The van der Waals surface area contributed by atoms with Gasteiger partial charge in [0.2, 0.25) is 0 Å². The molecule has 148 valence electrons. The molecule has 0 aliphatic carbocycles. The molecular weight excluding hydrogens is 362 g/mol. The summed E-state index contributed by atoms with van der Waals surface area (Å²) in [4.78, 5) is 7.30. The second-order valence-corrected chi connectivity index (χ2v) is 7.54. The van der Waals surface area contributed by atoms with Crippen LogP contribution in [-0.2, 0) is 17.8 Å². The SMILES string of the molecule is Cc1cc2nc(NCc3ccccc3CN3CCOCC3)c3ccccc3n2n1. The molecular formula is C23H25N5O. The molecule has 0 unspecified atom stereocenters. The number of morpholine rings is 1. The van der Waals surface area contributed by atoms with Crippen LogP contribution in [0.3, 0.4) is 0 Å². The Morgan fingerprint density at radius 3 is 2.62 bits per heavy atom. The summed E-state index contributed by atoms with van der Waals surface area (Å²) in [6.07, 6.45) is 0. The molecule has 0 radical (unpaired) electrons. The molecule has 4 aromatic rings. The summed E-state index contributed by atoms with van der Waals surface area (Å²) in [6.45, 7) is 7.31. The molecule has 0 bridgehead atoms. The molecule has 1 aliphatic rings. The van der Waals surface area contributed by atoms with Crippen molar-refractivity contribution in [1.82, 2.24) is 19.5 Å². The number of benzene rings is 2. The number of hydrogen-bond acceptors (Lipinski definition) is 5. The molecule has 2 aromatic heterocycles. The number of hydrogen-bond donors (Lipinski definition) is 1. The quantitative estimate of drug-likeness (QED) is 0.567. The van der Waals surface area contributed by atoms with Gasteiger partial charge in [-0.25, -0.2) is 9.50 Å². The second kappa shape index (κ2) is 7.81. The molecule has 0 amide bonds. The summed E-state index contributed by atoms with van der Waals surface area (Å²) < 4.78 is 7.40. The summed E-state index contributed by atoms with van der Waals surface area (Å²) in [7, 11) is 0. The van der Waals surface area contributed by atoms with Crippen molar-refractivity contribution in [3.05, 3.63) is 71.4 Å². The van der Waals surface area contributed by atoms with Crippen LogP contribution in [-0.4, -0.2) is 45.8 Å². The highest BCUT2D eigenvalue weighted by molar-refractivity contribution is 5.91. The van der Waals surface area contributed by atoms with Gasteiger partial charge >= 0.3 is 0 Å². The molecule has 0 saturated carbocycles. The van der Waals surface area contributed by atoms with Crippen molar-refractivity contribution in [3.8, 4) is 0 Å². The van der Waals surface area contributed by atoms with Crippen molar-refractivity contribution in [3.63, 3.8) is 0 Å². The van der Waals surface area contributed by atoms with Gasteiger partial charge in [0.05, 0.1) is 24.4 Å². The van der Waals surface area contributed by atoms with Crippen LogP contribution in [0.5, 0.6) is 0 Å². The summed E-state index contributed by atoms with van der Waals surface area (Å²) in [5.41, 5.74) is 5.55. The molecule has 1 aliphatic heterocycles. The molecule has 6 nitrogen and oxygen atoms in total.